The van der Waals surface area contributed by atoms with Gasteiger partial charge < -0.3 is 0 Å². The summed E-state index contributed by atoms with van der Waals surface area (Å²) < 4.78 is 23.5. The van der Waals surface area contributed by atoms with Crippen LogP contribution in [0.25, 0.3) is 0 Å². The van der Waals surface area contributed by atoms with Crippen LogP contribution in [-0.2, 0) is 14.8 Å². The molecule has 100 valence electrons. The van der Waals surface area contributed by atoms with Gasteiger partial charge in [-0.05, 0) is 18.6 Å². The van der Waals surface area contributed by atoms with E-state index in [0.29, 0.717) is 6.42 Å². The fraction of sp³-hybridized carbons (Fsp3) is 0.417. The zero-order valence-corrected chi connectivity index (χ0v) is 11.2. The number of unbranched alkanes of at least 4 members (excludes halogenated alkanes) is 2. The molecule has 1 aromatic rings. The molecule has 0 bridgehead atoms. The van der Waals surface area contributed by atoms with Gasteiger partial charge in [0.25, 0.3) is 10.0 Å². The van der Waals surface area contributed by atoms with Crippen molar-refractivity contribution in [3.63, 3.8) is 0 Å². The first-order valence-electron chi connectivity index (χ1n) is 5.92. The summed E-state index contributed by atoms with van der Waals surface area (Å²) in [6.07, 6.45) is 3.06. The summed E-state index contributed by atoms with van der Waals surface area (Å²) >= 11 is 0. The highest BCUT2D eigenvalue weighted by atomic mass is 32.2. The minimum Gasteiger partial charge on any atom is -0.278 e. The fourth-order valence-electron chi connectivity index (χ4n) is 1.38. The minimum atomic E-state index is -3.67. The van der Waals surface area contributed by atoms with E-state index >= 15 is 0 Å². The van der Waals surface area contributed by atoms with Crippen LogP contribution >= 0.6 is 0 Å². The van der Waals surface area contributed by atoms with Crippen LogP contribution in [0.3, 0.4) is 0 Å². The molecule has 18 heavy (non-hydrogen) atoms. The summed E-state index contributed by atoms with van der Waals surface area (Å²) in [4.78, 5) is 13.6. The Labute approximate surface area is 108 Å². The molecule has 0 aliphatic carbocycles. The predicted molar refractivity (Wildman–Crippen MR) is 69.0 cm³/mol. The summed E-state index contributed by atoms with van der Waals surface area (Å²) in [5, 5.41) is 0. The lowest BCUT2D eigenvalue weighted by Crippen LogP contribution is -2.41. The van der Waals surface area contributed by atoms with E-state index in [1.165, 1.54) is 12.1 Å². The Hall–Kier alpha value is -1.40. The van der Waals surface area contributed by atoms with Gasteiger partial charge in [-0.2, -0.15) is 0 Å². The Morgan fingerprint density at radius 1 is 1.17 bits per heavy atom. The van der Waals surface area contributed by atoms with Crippen LogP contribution in [0.5, 0.6) is 0 Å². The highest BCUT2D eigenvalue weighted by Crippen LogP contribution is 2.06. The SMILES string of the molecule is CCCCCC(=O)NNS(=O)(=O)c1ccccc1. The molecule has 0 saturated carbocycles. The van der Waals surface area contributed by atoms with Crippen LogP contribution in [0.4, 0.5) is 0 Å². The van der Waals surface area contributed by atoms with Gasteiger partial charge in [-0.3, -0.25) is 10.2 Å². The number of carbonyl (C=O) groups is 1. The van der Waals surface area contributed by atoms with Gasteiger partial charge in [0.05, 0.1) is 4.90 Å². The molecule has 0 spiro atoms. The molecule has 6 heteroatoms. The summed E-state index contributed by atoms with van der Waals surface area (Å²) in [7, 11) is -3.67. The number of carbonyl (C=O) groups excluding carboxylic acids is 1. The fourth-order valence-corrected chi connectivity index (χ4v) is 2.26. The monoisotopic (exact) mass is 270 g/mol. The molecule has 0 fully saturated rings. The molecule has 0 unspecified atom stereocenters. The van der Waals surface area contributed by atoms with Gasteiger partial charge in [-0.1, -0.05) is 38.0 Å². The van der Waals surface area contributed by atoms with Gasteiger partial charge in [-0.15, -0.1) is 4.83 Å². The van der Waals surface area contributed by atoms with E-state index in [0.717, 1.165) is 19.3 Å². The van der Waals surface area contributed by atoms with Gasteiger partial charge in [0.2, 0.25) is 5.91 Å². The third kappa shape index (κ3) is 4.85. The normalized spacial score (nSPS) is 11.2. The van der Waals surface area contributed by atoms with Gasteiger partial charge in [-0.25, -0.2) is 8.42 Å². The van der Waals surface area contributed by atoms with E-state index in [9.17, 15) is 13.2 Å². The first kappa shape index (κ1) is 14.7. The molecular formula is C12H18N2O3S. The summed E-state index contributed by atoms with van der Waals surface area (Å²) in [5.74, 6) is -0.317. The number of hydrazine groups is 1. The smallest absolute Gasteiger partial charge is 0.257 e. The van der Waals surface area contributed by atoms with Crippen molar-refractivity contribution in [3.8, 4) is 0 Å². The highest BCUT2D eigenvalue weighted by Gasteiger charge is 2.13. The number of sulfonamides is 1. The maximum Gasteiger partial charge on any atom is 0.257 e. The Kier molecular flexibility index (Phi) is 5.80. The zero-order chi connectivity index (χ0) is 13.4. The standard InChI is InChI=1S/C12H18N2O3S/c1-2-3-5-10-12(15)13-14-18(16,17)11-8-6-4-7-9-11/h4,6-9,14H,2-3,5,10H2,1H3,(H,13,15). The molecule has 0 saturated heterocycles. The van der Waals surface area contributed by atoms with Crippen molar-refractivity contribution in [3.05, 3.63) is 30.3 Å². The molecule has 0 radical (unpaired) electrons. The Bertz CT molecular complexity index is 471. The molecule has 1 aromatic carbocycles. The molecule has 0 aliphatic rings. The zero-order valence-electron chi connectivity index (χ0n) is 10.3. The third-order valence-electron chi connectivity index (χ3n) is 2.39. The first-order valence-corrected chi connectivity index (χ1v) is 7.40. The van der Waals surface area contributed by atoms with Crippen LogP contribution in [0.15, 0.2) is 35.2 Å². The quantitative estimate of drug-likeness (QED) is 0.583. The maximum absolute atomic E-state index is 11.7. The molecule has 0 heterocycles. The van der Waals surface area contributed by atoms with Crippen LogP contribution in [0.1, 0.15) is 32.6 Å². The molecule has 5 nitrogen and oxygen atoms in total. The van der Waals surface area contributed by atoms with Crippen molar-refractivity contribution in [2.45, 2.75) is 37.5 Å². The van der Waals surface area contributed by atoms with Gasteiger partial charge >= 0.3 is 0 Å². The largest absolute Gasteiger partial charge is 0.278 e. The van der Waals surface area contributed by atoms with Crippen LogP contribution in [-0.4, -0.2) is 14.3 Å². The Morgan fingerprint density at radius 3 is 2.44 bits per heavy atom. The topological polar surface area (TPSA) is 75.3 Å². The Balaban J connectivity index is 2.46. The van der Waals surface area contributed by atoms with E-state index in [1.807, 2.05) is 6.92 Å². The molecule has 0 aromatic heterocycles. The van der Waals surface area contributed by atoms with Gasteiger partial charge in [0.1, 0.15) is 0 Å². The lowest BCUT2D eigenvalue weighted by molar-refractivity contribution is -0.121. The number of rotatable bonds is 7. The van der Waals surface area contributed by atoms with Gasteiger partial charge in [0, 0.05) is 6.42 Å². The van der Waals surface area contributed by atoms with Crippen molar-refractivity contribution >= 4 is 15.9 Å². The van der Waals surface area contributed by atoms with E-state index in [-0.39, 0.29) is 10.8 Å². The van der Waals surface area contributed by atoms with E-state index < -0.39 is 10.0 Å². The molecule has 0 aliphatic heterocycles. The highest BCUT2D eigenvalue weighted by molar-refractivity contribution is 7.89. The van der Waals surface area contributed by atoms with Crippen molar-refractivity contribution in [1.29, 1.82) is 0 Å². The van der Waals surface area contributed by atoms with Crippen molar-refractivity contribution in [1.82, 2.24) is 10.3 Å². The van der Waals surface area contributed by atoms with Crippen LogP contribution in [0.2, 0.25) is 0 Å². The second-order valence-electron chi connectivity index (χ2n) is 3.92. The molecular weight excluding hydrogens is 252 g/mol. The van der Waals surface area contributed by atoms with E-state index in [4.69, 9.17) is 0 Å². The number of amides is 1. The first-order chi connectivity index (χ1) is 8.56. The molecule has 1 amide bonds. The lowest BCUT2D eigenvalue weighted by Gasteiger charge is -2.08. The number of hydrogen-bond acceptors (Lipinski definition) is 3. The minimum absolute atomic E-state index is 0.124. The average Bonchev–Trinajstić information content (AvgIpc) is 2.38. The Morgan fingerprint density at radius 2 is 1.83 bits per heavy atom. The molecule has 2 N–H and O–H groups in total. The molecule has 1 rings (SSSR count). The van der Waals surface area contributed by atoms with Crippen molar-refractivity contribution in [2.24, 2.45) is 0 Å². The van der Waals surface area contributed by atoms with E-state index in [2.05, 4.69) is 10.3 Å². The van der Waals surface area contributed by atoms with E-state index in [1.54, 1.807) is 18.2 Å². The third-order valence-corrected chi connectivity index (χ3v) is 3.65. The van der Waals surface area contributed by atoms with Crippen molar-refractivity contribution in [2.75, 3.05) is 0 Å². The van der Waals surface area contributed by atoms with Crippen LogP contribution < -0.4 is 10.3 Å². The predicted octanol–water partition coefficient (Wildman–Crippen LogP) is 1.58. The summed E-state index contributed by atoms with van der Waals surface area (Å²) in [6, 6.07) is 7.90. The summed E-state index contributed by atoms with van der Waals surface area (Å²) in [6.45, 7) is 2.04. The van der Waals surface area contributed by atoms with Gasteiger partial charge in [0.15, 0.2) is 0 Å². The number of benzene rings is 1. The average molecular weight is 270 g/mol. The van der Waals surface area contributed by atoms with Crippen molar-refractivity contribution < 1.29 is 13.2 Å². The second-order valence-corrected chi connectivity index (χ2v) is 5.61. The summed E-state index contributed by atoms with van der Waals surface area (Å²) in [5.41, 5.74) is 2.20. The van der Waals surface area contributed by atoms with Crippen LogP contribution in [0, 0.1) is 0 Å². The number of hydrogen-bond donors (Lipinski definition) is 2. The second kappa shape index (κ2) is 7.13. The molecule has 0 atom stereocenters. The number of nitrogens with one attached hydrogen (secondary N) is 2. The lowest BCUT2D eigenvalue weighted by atomic mass is 10.2. The maximum atomic E-state index is 11.7.